The van der Waals surface area contributed by atoms with Crippen molar-refractivity contribution >= 4 is 0 Å². The number of aliphatic hydroxyl groups excluding tert-OH is 1. The van der Waals surface area contributed by atoms with E-state index in [4.69, 9.17) is 0 Å². The second kappa shape index (κ2) is 7.90. The second-order valence-corrected chi connectivity index (χ2v) is 10.7. The van der Waals surface area contributed by atoms with Crippen molar-refractivity contribution in [2.24, 2.45) is 28.6 Å². The molecule has 2 saturated carbocycles. The SMILES string of the molecule is CC.CC(C)(C)CCC1Cc2ccccc2C2CCC3(C)C(O)CCC3C12. The third-order valence-electron chi connectivity index (χ3n) is 8.03. The van der Waals surface area contributed by atoms with Gasteiger partial charge < -0.3 is 5.11 Å². The zero-order chi connectivity index (χ0) is 19.8. The summed E-state index contributed by atoms with van der Waals surface area (Å²) in [5, 5.41) is 10.7. The van der Waals surface area contributed by atoms with Crippen molar-refractivity contribution in [1.29, 1.82) is 0 Å². The number of hydrogen-bond donors (Lipinski definition) is 1. The minimum Gasteiger partial charge on any atom is -0.393 e. The highest BCUT2D eigenvalue weighted by atomic mass is 16.3. The molecule has 2 fully saturated rings. The number of aliphatic hydroxyl groups is 1. The Labute approximate surface area is 168 Å². The third kappa shape index (κ3) is 3.86. The fraction of sp³-hybridized carbons (Fsp3) is 0.769. The monoisotopic (exact) mass is 370 g/mol. The van der Waals surface area contributed by atoms with E-state index >= 15 is 0 Å². The number of fused-ring (bicyclic) bond motifs is 5. The van der Waals surface area contributed by atoms with Gasteiger partial charge in [0.25, 0.3) is 0 Å². The van der Waals surface area contributed by atoms with E-state index in [2.05, 4.69) is 52.0 Å². The van der Waals surface area contributed by atoms with Gasteiger partial charge in [0, 0.05) is 0 Å². The average Bonchev–Trinajstić information content (AvgIpc) is 2.95. The van der Waals surface area contributed by atoms with Crippen LogP contribution in [0.25, 0.3) is 0 Å². The molecule has 152 valence electrons. The Morgan fingerprint density at radius 2 is 1.78 bits per heavy atom. The Hall–Kier alpha value is -0.820. The molecule has 0 radical (unpaired) electrons. The first-order valence-electron chi connectivity index (χ1n) is 11.6. The quantitative estimate of drug-likeness (QED) is 0.595. The fourth-order valence-corrected chi connectivity index (χ4v) is 6.60. The van der Waals surface area contributed by atoms with Gasteiger partial charge in [0.2, 0.25) is 0 Å². The van der Waals surface area contributed by atoms with Crippen LogP contribution in [0.3, 0.4) is 0 Å². The molecule has 0 aliphatic heterocycles. The van der Waals surface area contributed by atoms with Gasteiger partial charge in [0.1, 0.15) is 0 Å². The van der Waals surface area contributed by atoms with Gasteiger partial charge in [0.15, 0.2) is 0 Å². The molecule has 3 aliphatic rings. The van der Waals surface area contributed by atoms with Crippen LogP contribution in [0.4, 0.5) is 0 Å². The van der Waals surface area contributed by atoms with E-state index < -0.39 is 0 Å². The van der Waals surface area contributed by atoms with Crippen LogP contribution in [-0.4, -0.2) is 11.2 Å². The smallest absolute Gasteiger partial charge is 0.0596 e. The maximum absolute atomic E-state index is 10.7. The summed E-state index contributed by atoms with van der Waals surface area (Å²) in [6.07, 6.45) is 8.61. The van der Waals surface area contributed by atoms with Crippen LogP contribution in [0.1, 0.15) is 97.1 Å². The van der Waals surface area contributed by atoms with Crippen LogP contribution in [0.15, 0.2) is 24.3 Å². The predicted octanol–water partition coefficient (Wildman–Crippen LogP) is 6.98. The highest BCUT2D eigenvalue weighted by molar-refractivity contribution is 5.35. The number of rotatable bonds is 2. The summed E-state index contributed by atoms with van der Waals surface area (Å²) in [5.41, 5.74) is 3.85. The van der Waals surface area contributed by atoms with E-state index in [0.29, 0.717) is 5.41 Å². The minimum atomic E-state index is -0.0705. The molecule has 0 aromatic heterocycles. The molecule has 3 aliphatic carbocycles. The molecule has 1 nitrogen and oxygen atoms in total. The van der Waals surface area contributed by atoms with Crippen molar-refractivity contribution in [3.8, 4) is 0 Å². The lowest BCUT2D eigenvalue weighted by atomic mass is 9.52. The second-order valence-electron chi connectivity index (χ2n) is 10.7. The highest BCUT2D eigenvalue weighted by Crippen LogP contribution is 2.62. The molecule has 6 atom stereocenters. The lowest BCUT2D eigenvalue weighted by Crippen LogP contribution is -2.47. The standard InChI is InChI=1S/C24H36O.C2H6/c1-23(2,3)13-11-17-15-16-7-5-6-8-18(16)19-12-14-24(4)20(22(17)19)9-10-21(24)25;1-2/h5-8,17,19-22,25H,9-15H2,1-4H3;1-2H3. The Kier molecular flexibility index (Phi) is 6.11. The lowest BCUT2D eigenvalue weighted by molar-refractivity contribution is -0.0405. The van der Waals surface area contributed by atoms with Crippen LogP contribution in [0.2, 0.25) is 0 Å². The maximum atomic E-state index is 10.7. The van der Waals surface area contributed by atoms with Gasteiger partial charge in [-0.2, -0.15) is 0 Å². The van der Waals surface area contributed by atoms with E-state index in [1.165, 1.54) is 38.5 Å². The first-order chi connectivity index (χ1) is 12.8. The van der Waals surface area contributed by atoms with Gasteiger partial charge in [-0.05, 0) is 90.6 Å². The maximum Gasteiger partial charge on any atom is 0.0596 e. The molecule has 1 heteroatoms. The van der Waals surface area contributed by atoms with Crippen molar-refractivity contribution < 1.29 is 5.11 Å². The van der Waals surface area contributed by atoms with Gasteiger partial charge in [-0.1, -0.05) is 65.8 Å². The average molecular weight is 371 g/mol. The van der Waals surface area contributed by atoms with E-state index in [9.17, 15) is 5.11 Å². The molecule has 0 heterocycles. The summed E-state index contributed by atoms with van der Waals surface area (Å²) in [4.78, 5) is 0. The highest BCUT2D eigenvalue weighted by Gasteiger charge is 2.56. The van der Waals surface area contributed by atoms with Crippen LogP contribution in [0, 0.1) is 28.6 Å². The molecule has 1 N–H and O–H groups in total. The van der Waals surface area contributed by atoms with Gasteiger partial charge in [-0.15, -0.1) is 0 Å². The Morgan fingerprint density at radius 3 is 2.48 bits per heavy atom. The molecule has 1 aromatic rings. The summed E-state index contributed by atoms with van der Waals surface area (Å²) < 4.78 is 0. The van der Waals surface area contributed by atoms with Gasteiger partial charge in [0.05, 0.1) is 6.10 Å². The largest absolute Gasteiger partial charge is 0.393 e. The Balaban J connectivity index is 0.00000102. The van der Waals surface area contributed by atoms with E-state index in [-0.39, 0.29) is 11.5 Å². The van der Waals surface area contributed by atoms with Crippen molar-refractivity contribution in [3.63, 3.8) is 0 Å². The lowest BCUT2D eigenvalue weighted by Gasteiger charge is -2.53. The van der Waals surface area contributed by atoms with E-state index in [0.717, 1.165) is 30.1 Å². The molecule has 6 unspecified atom stereocenters. The summed E-state index contributed by atoms with van der Waals surface area (Å²) in [6.45, 7) is 13.5. The van der Waals surface area contributed by atoms with E-state index in [1.807, 2.05) is 13.8 Å². The summed E-state index contributed by atoms with van der Waals surface area (Å²) in [6, 6.07) is 9.25. The van der Waals surface area contributed by atoms with Crippen LogP contribution in [0.5, 0.6) is 0 Å². The summed E-state index contributed by atoms with van der Waals surface area (Å²) in [7, 11) is 0. The minimum absolute atomic E-state index is 0.0705. The predicted molar refractivity (Wildman–Crippen MR) is 116 cm³/mol. The van der Waals surface area contributed by atoms with Crippen molar-refractivity contribution in [2.45, 2.75) is 98.5 Å². The fourth-order valence-electron chi connectivity index (χ4n) is 6.60. The Morgan fingerprint density at radius 1 is 1.07 bits per heavy atom. The number of benzene rings is 1. The van der Waals surface area contributed by atoms with Crippen LogP contribution in [-0.2, 0) is 6.42 Å². The molecule has 0 spiro atoms. The molecule has 0 amide bonds. The zero-order valence-corrected chi connectivity index (χ0v) is 18.6. The summed E-state index contributed by atoms with van der Waals surface area (Å²) in [5.74, 6) is 3.04. The normalized spacial score (nSPS) is 37.5. The van der Waals surface area contributed by atoms with Crippen LogP contribution >= 0.6 is 0 Å². The summed E-state index contributed by atoms with van der Waals surface area (Å²) >= 11 is 0. The van der Waals surface area contributed by atoms with Crippen molar-refractivity contribution in [1.82, 2.24) is 0 Å². The third-order valence-corrected chi connectivity index (χ3v) is 8.03. The van der Waals surface area contributed by atoms with E-state index in [1.54, 1.807) is 11.1 Å². The topological polar surface area (TPSA) is 20.2 Å². The first kappa shape index (κ1) is 20.9. The van der Waals surface area contributed by atoms with Gasteiger partial charge >= 0.3 is 0 Å². The molecular formula is C26H42O. The molecular weight excluding hydrogens is 328 g/mol. The van der Waals surface area contributed by atoms with Crippen molar-refractivity contribution in [2.75, 3.05) is 0 Å². The molecule has 27 heavy (non-hydrogen) atoms. The van der Waals surface area contributed by atoms with Gasteiger partial charge in [-0.3, -0.25) is 0 Å². The molecule has 1 aromatic carbocycles. The number of hydrogen-bond acceptors (Lipinski definition) is 1. The van der Waals surface area contributed by atoms with Crippen LogP contribution < -0.4 is 0 Å². The zero-order valence-electron chi connectivity index (χ0n) is 18.6. The van der Waals surface area contributed by atoms with Gasteiger partial charge in [-0.25, -0.2) is 0 Å². The molecule has 0 bridgehead atoms. The molecule has 4 rings (SSSR count). The molecule has 0 saturated heterocycles. The Bertz CT molecular complexity index is 627. The first-order valence-corrected chi connectivity index (χ1v) is 11.6. The van der Waals surface area contributed by atoms with Crippen molar-refractivity contribution in [3.05, 3.63) is 35.4 Å².